The zero-order valence-electron chi connectivity index (χ0n) is 17.0. The summed E-state index contributed by atoms with van der Waals surface area (Å²) in [5.41, 5.74) is 3.21. The maximum atomic E-state index is 12.8. The van der Waals surface area contributed by atoms with Crippen molar-refractivity contribution in [1.29, 1.82) is 0 Å². The molecule has 2 heterocycles. The van der Waals surface area contributed by atoms with Crippen LogP contribution in [0.5, 0.6) is 0 Å². The topological polar surface area (TPSA) is 55.2 Å². The number of hydrogen-bond acceptors (Lipinski definition) is 3. The SMILES string of the molecule is O=C1c2ccccc2C(=O)N1CCc1nc2cc(Cl)c(Cl)cc2n1Cc1ccc(Cl)c(Cl)c1. The number of rotatable bonds is 5. The molecule has 5 rings (SSSR count). The lowest BCUT2D eigenvalue weighted by atomic mass is 10.1. The van der Waals surface area contributed by atoms with Crippen LogP contribution in [-0.2, 0) is 13.0 Å². The smallest absolute Gasteiger partial charge is 0.261 e. The molecule has 1 aromatic heterocycles. The van der Waals surface area contributed by atoms with Gasteiger partial charge in [0.05, 0.1) is 42.3 Å². The zero-order chi connectivity index (χ0) is 23.3. The Morgan fingerprint density at radius 1 is 0.758 bits per heavy atom. The second kappa shape index (κ2) is 8.65. The van der Waals surface area contributed by atoms with Gasteiger partial charge in [-0.3, -0.25) is 14.5 Å². The maximum absolute atomic E-state index is 12.8. The molecule has 3 aromatic carbocycles. The van der Waals surface area contributed by atoms with Gasteiger partial charge >= 0.3 is 0 Å². The fourth-order valence-electron chi connectivity index (χ4n) is 4.01. The van der Waals surface area contributed by atoms with E-state index in [1.165, 1.54) is 4.90 Å². The first-order valence-corrected chi connectivity index (χ1v) is 11.6. The molecule has 0 saturated carbocycles. The highest BCUT2D eigenvalue weighted by Gasteiger charge is 2.35. The number of halogens is 4. The van der Waals surface area contributed by atoms with Crippen LogP contribution in [0.4, 0.5) is 0 Å². The molecule has 0 atom stereocenters. The number of imidazole rings is 1. The Morgan fingerprint density at radius 2 is 1.39 bits per heavy atom. The van der Waals surface area contributed by atoms with Crippen molar-refractivity contribution < 1.29 is 9.59 Å². The van der Waals surface area contributed by atoms with Crippen LogP contribution in [-0.4, -0.2) is 32.8 Å². The number of fused-ring (bicyclic) bond motifs is 2. The molecule has 4 aromatic rings. The second-order valence-corrected chi connectivity index (χ2v) is 9.30. The molecule has 0 N–H and O–H groups in total. The standard InChI is InChI=1S/C24H15Cl4N3O2/c25-16-6-5-13(9-17(16)26)12-31-21-11-19(28)18(27)10-20(21)29-22(31)7-8-30-23(32)14-3-1-2-4-15(14)24(30)33/h1-6,9-11H,7-8,12H2. The fourth-order valence-corrected chi connectivity index (χ4v) is 4.65. The molecular weight excluding hydrogens is 504 g/mol. The Bertz CT molecular complexity index is 1410. The summed E-state index contributed by atoms with van der Waals surface area (Å²) >= 11 is 24.8. The molecule has 0 radical (unpaired) electrons. The first-order chi connectivity index (χ1) is 15.8. The van der Waals surface area contributed by atoms with E-state index in [1.54, 1.807) is 48.5 Å². The van der Waals surface area contributed by atoms with Crippen molar-refractivity contribution in [2.45, 2.75) is 13.0 Å². The number of imide groups is 1. The van der Waals surface area contributed by atoms with Crippen LogP contribution in [0.15, 0.2) is 54.6 Å². The molecule has 166 valence electrons. The normalized spacial score (nSPS) is 13.3. The summed E-state index contributed by atoms with van der Waals surface area (Å²) in [6.07, 6.45) is 0.358. The van der Waals surface area contributed by atoms with Gasteiger partial charge in [0.15, 0.2) is 0 Å². The van der Waals surface area contributed by atoms with E-state index < -0.39 is 0 Å². The number of benzene rings is 3. The Hall–Kier alpha value is -2.57. The van der Waals surface area contributed by atoms with Crippen LogP contribution in [0.3, 0.4) is 0 Å². The number of carbonyl (C=O) groups is 2. The first-order valence-electron chi connectivity index (χ1n) is 10.1. The van der Waals surface area contributed by atoms with Gasteiger partial charge in [0.2, 0.25) is 0 Å². The molecule has 0 saturated heterocycles. The van der Waals surface area contributed by atoms with Crippen molar-refractivity contribution in [3.63, 3.8) is 0 Å². The molecule has 9 heteroatoms. The Kier molecular flexibility index (Phi) is 5.83. The van der Waals surface area contributed by atoms with Crippen molar-refractivity contribution in [2.75, 3.05) is 6.54 Å². The van der Waals surface area contributed by atoms with Gasteiger partial charge in [-0.2, -0.15) is 0 Å². The van der Waals surface area contributed by atoms with E-state index in [0.717, 1.165) is 11.1 Å². The number of aromatic nitrogens is 2. The van der Waals surface area contributed by atoms with Crippen LogP contribution in [0, 0.1) is 0 Å². The Balaban J connectivity index is 1.50. The third-order valence-corrected chi connectivity index (χ3v) is 7.09. The van der Waals surface area contributed by atoms with Gasteiger partial charge in [-0.15, -0.1) is 0 Å². The quantitative estimate of drug-likeness (QED) is 0.282. The number of nitrogens with zero attached hydrogens (tertiary/aromatic N) is 3. The summed E-state index contributed by atoms with van der Waals surface area (Å²) in [7, 11) is 0. The van der Waals surface area contributed by atoms with Gasteiger partial charge in [-0.25, -0.2) is 4.98 Å². The van der Waals surface area contributed by atoms with Gasteiger partial charge in [0.25, 0.3) is 11.8 Å². The Morgan fingerprint density at radius 3 is 2.06 bits per heavy atom. The monoisotopic (exact) mass is 517 g/mol. The average molecular weight is 519 g/mol. The van der Waals surface area contributed by atoms with E-state index in [9.17, 15) is 9.59 Å². The lowest BCUT2D eigenvalue weighted by Gasteiger charge is -2.15. The van der Waals surface area contributed by atoms with Crippen molar-refractivity contribution in [2.24, 2.45) is 0 Å². The highest BCUT2D eigenvalue weighted by molar-refractivity contribution is 6.43. The van der Waals surface area contributed by atoms with Gasteiger partial charge in [0.1, 0.15) is 5.82 Å². The number of hydrogen-bond donors (Lipinski definition) is 0. The summed E-state index contributed by atoms with van der Waals surface area (Å²) in [6.45, 7) is 0.640. The van der Waals surface area contributed by atoms with Gasteiger partial charge in [0, 0.05) is 19.5 Å². The van der Waals surface area contributed by atoms with Crippen LogP contribution in [0.25, 0.3) is 11.0 Å². The van der Waals surface area contributed by atoms with Crippen LogP contribution in [0.1, 0.15) is 32.1 Å². The molecular formula is C24H15Cl4N3O2. The Labute approximate surface area is 209 Å². The van der Waals surface area contributed by atoms with E-state index in [1.807, 2.05) is 10.6 Å². The number of carbonyl (C=O) groups excluding carboxylic acids is 2. The molecule has 0 aliphatic carbocycles. The van der Waals surface area contributed by atoms with Gasteiger partial charge in [-0.1, -0.05) is 64.6 Å². The van der Waals surface area contributed by atoms with Gasteiger partial charge < -0.3 is 4.57 Å². The molecule has 0 spiro atoms. The van der Waals surface area contributed by atoms with E-state index in [-0.39, 0.29) is 18.4 Å². The molecule has 0 fully saturated rings. The summed E-state index contributed by atoms with van der Waals surface area (Å²) in [5.74, 6) is 0.0913. The predicted molar refractivity (Wildman–Crippen MR) is 131 cm³/mol. The minimum Gasteiger partial charge on any atom is -0.323 e. The highest BCUT2D eigenvalue weighted by Crippen LogP contribution is 2.30. The lowest BCUT2D eigenvalue weighted by Crippen LogP contribution is -2.32. The van der Waals surface area contributed by atoms with E-state index >= 15 is 0 Å². The van der Waals surface area contributed by atoms with Gasteiger partial charge in [-0.05, 0) is 42.0 Å². The summed E-state index contributed by atoms with van der Waals surface area (Å²) in [4.78, 5) is 31.5. The summed E-state index contributed by atoms with van der Waals surface area (Å²) in [6, 6.07) is 15.7. The van der Waals surface area contributed by atoms with E-state index in [4.69, 9.17) is 51.4 Å². The average Bonchev–Trinajstić information content (AvgIpc) is 3.24. The second-order valence-electron chi connectivity index (χ2n) is 7.68. The van der Waals surface area contributed by atoms with Crippen LogP contribution >= 0.6 is 46.4 Å². The molecule has 0 unspecified atom stereocenters. The van der Waals surface area contributed by atoms with Crippen molar-refractivity contribution in [3.8, 4) is 0 Å². The first kappa shape index (κ1) is 22.2. The van der Waals surface area contributed by atoms with Crippen molar-refractivity contribution in [3.05, 3.63) is 97.2 Å². The summed E-state index contributed by atoms with van der Waals surface area (Å²) in [5, 5.41) is 1.73. The van der Waals surface area contributed by atoms with Crippen LogP contribution in [0.2, 0.25) is 20.1 Å². The molecule has 5 nitrogen and oxygen atoms in total. The predicted octanol–water partition coefficient (Wildman–Crippen LogP) is 6.54. The van der Waals surface area contributed by atoms with E-state index in [2.05, 4.69) is 0 Å². The molecule has 0 bridgehead atoms. The molecule has 1 aliphatic rings. The highest BCUT2D eigenvalue weighted by atomic mass is 35.5. The third-order valence-electron chi connectivity index (χ3n) is 5.63. The maximum Gasteiger partial charge on any atom is 0.261 e. The molecule has 33 heavy (non-hydrogen) atoms. The third kappa shape index (κ3) is 4.00. The van der Waals surface area contributed by atoms with Crippen molar-refractivity contribution >= 4 is 69.3 Å². The zero-order valence-corrected chi connectivity index (χ0v) is 20.0. The molecule has 1 aliphatic heterocycles. The van der Waals surface area contributed by atoms with Crippen molar-refractivity contribution in [1.82, 2.24) is 14.5 Å². The fraction of sp³-hybridized carbons (Fsp3) is 0.125. The minimum atomic E-state index is -0.297. The van der Waals surface area contributed by atoms with Crippen LogP contribution < -0.4 is 0 Å². The summed E-state index contributed by atoms with van der Waals surface area (Å²) < 4.78 is 1.98. The number of amides is 2. The van der Waals surface area contributed by atoms with E-state index in [0.29, 0.717) is 55.5 Å². The lowest BCUT2D eigenvalue weighted by molar-refractivity contribution is 0.0655. The largest absolute Gasteiger partial charge is 0.323 e. The minimum absolute atomic E-state index is 0.193. The molecule has 2 amide bonds.